The summed E-state index contributed by atoms with van der Waals surface area (Å²) in [6.07, 6.45) is 1.37. The van der Waals surface area contributed by atoms with Crippen LogP contribution in [0.25, 0.3) is 0 Å². The molecular formula is C11H8ClN3O3. The molecule has 2 rings (SSSR count). The molecule has 3 N–H and O–H groups in total. The highest BCUT2D eigenvalue weighted by Gasteiger charge is 2.06. The maximum atomic E-state index is 11.2. The molecule has 92 valence electrons. The Morgan fingerprint density at radius 3 is 2.61 bits per heavy atom. The van der Waals surface area contributed by atoms with Gasteiger partial charge in [0.05, 0.1) is 17.4 Å². The molecule has 0 atom stereocenters. The number of halogens is 1. The number of aromatic carboxylic acids is 1. The molecule has 6 nitrogen and oxygen atoms in total. The Bertz CT molecular complexity index is 637. The van der Waals surface area contributed by atoms with Crippen molar-refractivity contribution in [2.75, 3.05) is 5.32 Å². The highest BCUT2D eigenvalue weighted by molar-refractivity contribution is 6.33. The number of carboxylic acids is 1. The van der Waals surface area contributed by atoms with E-state index in [1.165, 1.54) is 18.3 Å². The van der Waals surface area contributed by atoms with Crippen molar-refractivity contribution < 1.29 is 9.90 Å². The van der Waals surface area contributed by atoms with Gasteiger partial charge in [0.15, 0.2) is 0 Å². The molecule has 0 aliphatic carbocycles. The first-order valence-corrected chi connectivity index (χ1v) is 5.29. The topological polar surface area (TPSA) is 95.1 Å². The summed E-state index contributed by atoms with van der Waals surface area (Å²) in [5.74, 6) is -1.00. The van der Waals surface area contributed by atoms with Gasteiger partial charge in [0, 0.05) is 5.69 Å². The summed E-state index contributed by atoms with van der Waals surface area (Å²) in [7, 11) is 0. The van der Waals surface area contributed by atoms with E-state index in [1.54, 1.807) is 12.1 Å². The Kier molecular flexibility index (Phi) is 3.29. The van der Waals surface area contributed by atoms with Crippen LogP contribution in [0.15, 0.2) is 35.3 Å². The van der Waals surface area contributed by atoms with Crippen molar-refractivity contribution in [2.45, 2.75) is 0 Å². The normalized spacial score (nSPS) is 10.1. The highest BCUT2D eigenvalue weighted by Crippen LogP contribution is 2.20. The molecular weight excluding hydrogens is 258 g/mol. The number of anilines is 2. The molecule has 0 saturated carbocycles. The van der Waals surface area contributed by atoms with Crippen LogP contribution in [0.1, 0.15) is 10.4 Å². The van der Waals surface area contributed by atoms with Crippen molar-refractivity contribution in [2.24, 2.45) is 0 Å². The number of benzene rings is 1. The average molecular weight is 266 g/mol. The van der Waals surface area contributed by atoms with Crippen LogP contribution >= 0.6 is 11.6 Å². The van der Waals surface area contributed by atoms with Gasteiger partial charge in [-0.15, -0.1) is 0 Å². The molecule has 0 amide bonds. The van der Waals surface area contributed by atoms with Crippen LogP contribution in [0.3, 0.4) is 0 Å². The molecule has 0 aliphatic heterocycles. The second kappa shape index (κ2) is 4.89. The summed E-state index contributed by atoms with van der Waals surface area (Å²) in [5, 5.41) is 17.4. The van der Waals surface area contributed by atoms with E-state index in [0.29, 0.717) is 11.4 Å². The van der Waals surface area contributed by atoms with Gasteiger partial charge in [0.2, 0.25) is 0 Å². The Balaban J connectivity index is 2.26. The minimum Gasteiger partial charge on any atom is -0.478 e. The van der Waals surface area contributed by atoms with Crippen molar-refractivity contribution >= 4 is 28.9 Å². The average Bonchev–Trinajstić information content (AvgIpc) is 2.36. The zero-order valence-corrected chi connectivity index (χ0v) is 9.73. The Morgan fingerprint density at radius 2 is 2.00 bits per heavy atom. The lowest BCUT2D eigenvalue weighted by Gasteiger charge is -2.06. The lowest BCUT2D eigenvalue weighted by atomic mass is 10.2. The summed E-state index contributed by atoms with van der Waals surface area (Å²) in [6, 6.07) is 6.03. The largest absolute Gasteiger partial charge is 0.478 e. The maximum absolute atomic E-state index is 11.2. The van der Waals surface area contributed by atoms with Gasteiger partial charge in [-0.2, -0.15) is 5.10 Å². The molecule has 0 spiro atoms. The van der Waals surface area contributed by atoms with Crippen LogP contribution in [0, 0.1) is 0 Å². The van der Waals surface area contributed by atoms with Gasteiger partial charge < -0.3 is 10.4 Å². The number of hydrogen-bond acceptors (Lipinski definition) is 4. The number of rotatable bonds is 3. The number of carboxylic acid groups (broad SMARTS) is 1. The molecule has 18 heavy (non-hydrogen) atoms. The van der Waals surface area contributed by atoms with Crippen LogP contribution in [-0.2, 0) is 0 Å². The molecule has 0 fully saturated rings. The fraction of sp³-hybridized carbons (Fsp3) is 0. The summed E-state index contributed by atoms with van der Waals surface area (Å²) >= 11 is 5.78. The molecule has 0 saturated heterocycles. The smallest absolute Gasteiger partial charge is 0.335 e. The number of nitrogens with zero attached hydrogens (tertiary/aromatic N) is 1. The van der Waals surface area contributed by atoms with Crippen LogP contribution in [0.2, 0.25) is 5.02 Å². The van der Waals surface area contributed by atoms with Crippen molar-refractivity contribution in [1.29, 1.82) is 0 Å². The van der Waals surface area contributed by atoms with E-state index in [1.807, 2.05) is 0 Å². The lowest BCUT2D eigenvalue weighted by Crippen LogP contribution is -2.10. The van der Waals surface area contributed by atoms with Gasteiger partial charge in [-0.05, 0) is 24.3 Å². The zero-order valence-electron chi connectivity index (χ0n) is 8.98. The van der Waals surface area contributed by atoms with E-state index in [0.717, 1.165) is 0 Å². The molecule has 1 aromatic carbocycles. The number of H-pyrrole nitrogens is 1. The van der Waals surface area contributed by atoms with Crippen molar-refractivity contribution in [3.05, 3.63) is 51.4 Å². The lowest BCUT2D eigenvalue weighted by molar-refractivity contribution is 0.0697. The van der Waals surface area contributed by atoms with E-state index in [-0.39, 0.29) is 10.6 Å². The molecule has 0 bridgehead atoms. The molecule has 2 aromatic rings. The predicted molar refractivity (Wildman–Crippen MR) is 66.6 cm³/mol. The van der Waals surface area contributed by atoms with Crippen LogP contribution < -0.4 is 10.9 Å². The first-order chi connectivity index (χ1) is 8.58. The van der Waals surface area contributed by atoms with Gasteiger partial charge in [0.25, 0.3) is 5.56 Å². The van der Waals surface area contributed by atoms with E-state index in [9.17, 15) is 9.59 Å². The predicted octanol–water partition coefficient (Wildman–Crippen LogP) is 1.87. The highest BCUT2D eigenvalue weighted by atomic mass is 35.5. The summed E-state index contributed by atoms with van der Waals surface area (Å²) in [5.41, 5.74) is 0.636. The zero-order chi connectivity index (χ0) is 13.1. The molecule has 0 unspecified atom stereocenters. The van der Waals surface area contributed by atoms with Crippen molar-refractivity contribution in [1.82, 2.24) is 10.2 Å². The number of nitrogens with one attached hydrogen (secondary N) is 2. The maximum Gasteiger partial charge on any atom is 0.335 e. The first kappa shape index (κ1) is 12.1. The molecule has 1 heterocycles. The number of aromatic amines is 1. The molecule has 1 aromatic heterocycles. The SMILES string of the molecule is O=C(O)c1ccc(Nc2cn[nH]c(=O)c2Cl)cc1. The van der Waals surface area contributed by atoms with Crippen LogP contribution in [0.4, 0.5) is 11.4 Å². The second-order valence-electron chi connectivity index (χ2n) is 3.43. The van der Waals surface area contributed by atoms with E-state index in [4.69, 9.17) is 16.7 Å². The Hall–Kier alpha value is -2.34. The van der Waals surface area contributed by atoms with Crippen molar-refractivity contribution in [3.8, 4) is 0 Å². The van der Waals surface area contributed by atoms with Crippen molar-refractivity contribution in [3.63, 3.8) is 0 Å². The number of carbonyl (C=O) groups is 1. The number of hydrogen-bond donors (Lipinski definition) is 3. The summed E-state index contributed by atoms with van der Waals surface area (Å²) in [4.78, 5) is 21.9. The first-order valence-electron chi connectivity index (χ1n) is 4.91. The molecule has 7 heteroatoms. The Labute approximate surface area is 106 Å². The molecule has 0 radical (unpaired) electrons. The van der Waals surface area contributed by atoms with E-state index < -0.39 is 11.5 Å². The van der Waals surface area contributed by atoms with Crippen LogP contribution in [0.5, 0.6) is 0 Å². The van der Waals surface area contributed by atoms with Gasteiger partial charge in [-0.25, -0.2) is 9.89 Å². The van der Waals surface area contributed by atoms with Gasteiger partial charge in [0.1, 0.15) is 5.02 Å². The monoisotopic (exact) mass is 265 g/mol. The molecule has 0 aliphatic rings. The minimum atomic E-state index is -1.00. The number of aromatic nitrogens is 2. The third-order valence-corrected chi connectivity index (χ3v) is 2.58. The standard InChI is InChI=1S/C11H8ClN3O3/c12-9-8(5-13-15-10(9)16)14-7-3-1-6(2-4-7)11(17)18/h1-5H,(H,17,18)(H2,14,15,16). The van der Waals surface area contributed by atoms with Gasteiger partial charge >= 0.3 is 5.97 Å². The van der Waals surface area contributed by atoms with Crippen LogP contribution in [-0.4, -0.2) is 21.3 Å². The Morgan fingerprint density at radius 1 is 1.33 bits per heavy atom. The third kappa shape index (κ3) is 2.49. The van der Waals surface area contributed by atoms with E-state index in [2.05, 4.69) is 15.5 Å². The minimum absolute atomic E-state index is 0.00712. The fourth-order valence-corrected chi connectivity index (χ4v) is 1.46. The van der Waals surface area contributed by atoms with Gasteiger partial charge in [-0.3, -0.25) is 4.79 Å². The fourth-order valence-electron chi connectivity index (χ4n) is 1.32. The summed E-state index contributed by atoms with van der Waals surface area (Å²) in [6.45, 7) is 0. The van der Waals surface area contributed by atoms with E-state index >= 15 is 0 Å². The second-order valence-corrected chi connectivity index (χ2v) is 3.81. The van der Waals surface area contributed by atoms with Gasteiger partial charge in [-0.1, -0.05) is 11.6 Å². The quantitative estimate of drug-likeness (QED) is 0.787. The summed E-state index contributed by atoms with van der Waals surface area (Å²) < 4.78 is 0. The third-order valence-electron chi connectivity index (χ3n) is 2.21.